The van der Waals surface area contributed by atoms with E-state index in [1.807, 2.05) is 43.3 Å². The van der Waals surface area contributed by atoms with Crippen LogP contribution in [0.2, 0.25) is 0 Å². The van der Waals surface area contributed by atoms with Gasteiger partial charge in [-0.15, -0.1) is 0 Å². The molecular weight excluding hydrogens is 379 g/mol. The van der Waals surface area contributed by atoms with E-state index in [0.29, 0.717) is 12.4 Å². The topological polar surface area (TPSA) is 74.2 Å². The molecule has 2 aromatic carbocycles. The van der Waals surface area contributed by atoms with Crippen molar-refractivity contribution < 1.29 is 28.3 Å². The third-order valence-corrected chi connectivity index (χ3v) is 5.18. The van der Waals surface area contributed by atoms with Gasteiger partial charge in [0.2, 0.25) is 0 Å². The van der Waals surface area contributed by atoms with Crippen molar-refractivity contribution in [2.45, 2.75) is 52.4 Å². The van der Waals surface area contributed by atoms with Crippen LogP contribution in [-0.2, 0) is 24.9 Å². The first kappa shape index (κ1) is 22.9. The van der Waals surface area contributed by atoms with Gasteiger partial charge in [-0.2, -0.15) is 0 Å². The number of fused-ring (bicyclic) bond motifs is 1. The van der Waals surface area contributed by atoms with Crippen molar-refractivity contribution in [2.75, 3.05) is 19.8 Å². The largest absolute Gasteiger partial charge is 0.508 e. The van der Waals surface area contributed by atoms with Crippen LogP contribution in [0.5, 0.6) is 5.75 Å². The van der Waals surface area contributed by atoms with E-state index in [-0.39, 0.29) is 13.2 Å². The van der Waals surface area contributed by atoms with Gasteiger partial charge >= 0.3 is 7.82 Å². The molecule has 0 aliphatic carbocycles. The molecule has 0 aromatic heterocycles. The first-order valence-electron chi connectivity index (χ1n) is 9.99. The van der Waals surface area contributed by atoms with Crippen LogP contribution in [-0.4, -0.2) is 24.7 Å². The van der Waals surface area contributed by atoms with Crippen LogP contribution < -0.4 is 4.89 Å². The highest BCUT2D eigenvalue weighted by Gasteiger charge is 2.25. The zero-order valence-corrected chi connectivity index (χ0v) is 17.7. The molecule has 0 aliphatic rings. The van der Waals surface area contributed by atoms with Crippen LogP contribution in [0.15, 0.2) is 36.4 Å². The van der Waals surface area contributed by atoms with Crippen LogP contribution in [0.1, 0.15) is 51.5 Å². The van der Waals surface area contributed by atoms with Crippen LogP contribution in [0.3, 0.4) is 0 Å². The van der Waals surface area contributed by atoms with Gasteiger partial charge in [0.1, 0.15) is 0 Å². The van der Waals surface area contributed by atoms with Crippen LogP contribution in [0, 0.1) is 0 Å². The van der Waals surface area contributed by atoms with Gasteiger partial charge < -0.3 is 14.5 Å². The molecule has 156 valence electrons. The van der Waals surface area contributed by atoms with E-state index in [4.69, 9.17) is 18.8 Å². The van der Waals surface area contributed by atoms with E-state index in [2.05, 4.69) is 6.92 Å². The molecule has 0 heterocycles. The van der Waals surface area contributed by atoms with Gasteiger partial charge in [-0.1, -0.05) is 73.7 Å². The maximum absolute atomic E-state index is 12.1. The van der Waals surface area contributed by atoms with E-state index >= 15 is 0 Å². The Bertz CT molecular complexity index is 764. The molecule has 1 atom stereocenters. The first-order chi connectivity index (χ1) is 13.6. The van der Waals surface area contributed by atoms with Gasteiger partial charge in [0.05, 0.1) is 13.2 Å². The van der Waals surface area contributed by atoms with E-state index in [1.54, 1.807) is 0 Å². The average molecular weight is 410 g/mol. The fourth-order valence-corrected chi connectivity index (χ4v) is 3.48. The summed E-state index contributed by atoms with van der Waals surface area (Å²) in [6, 6.07) is 11.7. The van der Waals surface area contributed by atoms with E-state index in [9.17, 15) is 9.46 Å². The van der Waals surface area contributed by atoms with E-state index in [0.717, 1.165) is 35.6 Å². The molecule has 0 bridgehead atoms. The Kier molecular flexibility index (Phi) is 9.96. The Hall–Kier alpha value is -1.43. The first-order valence-corrected chi connectivity index (χ1v) is 11.5. The summed E-state index contributed by atoms with van der Waals surface area (Å²) in [5.41, 5.74) is 0.949. The summed E-state index contributed by atoms with van der Waals surface area (Å²) < 4.78 is 26.8. The molecule has 2 aromatic rings. The fourth-order valence-electron chi connectivity index (χ4n) is 2.96. The summed E-state index contributed by atoms with van der Waals surface area (Å²) in [4.78, 5) is 15.2. The van der Waals surface area contributed by atoms with Crippen molar-refractivity contribution in [3.8, 4) is 5.75 Å². The second-order valence-corrected chi connectivity index (χ2v) is 7.94. The van der Waals surface area contributed by atoms with Crippen molar-refractivity contribution in [2.24, 2.45) is 0 Å². The SMILES string of the molecule is CCCCCCCc1ccc2ccccc2c1OOP(=O)(O)OCCOCC. The molecule has 7 heteroatoms. The molecule has 0 saturated carbocycles. The minimum Gasteiger partial charge on any atom is -0.379 e. The molecule has 28 heavy (non-hydrogen) atoms. The maximum Gasteiger partial charge on any atom is 0.508 e. The standard InChI is InChI=1S/C21H31O6P/c1-3-5-6-7-8-12-19-15-14-18-11-9-10-13-20(18)21(19)26-27-28(22,23)25-17-16-24-4-2/h9-11,13-15H,3-8,12,16-17H2,1-2H3,(H,22,23). The van der Waals surface area contributed by atoms with Gasteiger partial charge in [-0.3, -0.25) is 4.52 Å². The molecule has 0 aliphatic heterocycles. The lowest BCUT2D eigenvalue weighted by molar-refractivity contribution is -0.128. The monoisotopic (exact) mass is 410 g/mol. The molecule has 1 unspecified atom stereocenters. The molecule has 6 nitrogen and oxygen atoms in total. The Morgan fingerprint density at radius 2 is 1.75 bits per heavy atom. The zero-order chi connectivity index (χ0) is 20.2. The third-order valence-electron chi connectivity index (χ3n) is 4.41. The minimum atomic E-state index is -4.34. The second kappa shape index (κ2) is 12.2. The maximum atomic E-state index is 12.1. The number of phosphoric acid groups is 1. The van der Waals surface area contributed by atoms with Crippen molar-refractivity contribution in [1.82, 2.24) is 0 Å². The lowest BCUT2D eigenvalue weighted by Crippen LogP contribution is -2.06. The number of rotatable bonds is 14. The molecule has 0 saturated heterocycles. The number of phosphoric ester groups is 1. The third kappa shape index (κ3) is 7.53. The summed E-state index contributed by atoms with van der Waals surface area (Å²) in [5.74, 6) is 0.469. The molecule has 2 rings (SSSR count). The Morgan fingerprint density at radius 3 is 2.54 bits per heavy atom. The van der Waals surface area contributed by atoms with Gasteiger partial charge in [0.15, 0.2) is 5.75 Å². The van der Waals surface area contributed by atoms with Gasteiger partial charge in [0, 0.05) is 12.0 Å². The van der Waals surface area contributed by atoms with Crippen LogP contribution in [0.25, 0.3) is 10.8 Å². The average Bonchev–Trinajstić information content (AvgIpc) is 2.70. The highest BCUT2D eigenvalue weighted by Crippen LogP contribution is 2.44. The zero-order valence-electron chi connectivity index (χ0n) is 16.8. The minimum absolute atomic E-state index is 0.0508. The van der Waals surface area contributed by atoms with Crippen molar-refractivity contribution in [3.05, 3.63) is 42.0 Å². The predicted molar refractivity (Wildman–Crippen MR) is 110 cm³/mol. The molecule has 0 spiro atoms. The van der Waals surface area contributed by atoms with E-state index < -0.39 is 7.82 Å². The Balaban J connectivity index is 2.07. The van der Waals surface area contributed by atoms with Crippen molar-refractivity contribution in [3.63, 3.8) is 0 Å². The number of ether oxygens (including phenoxy) is 1. The number of aryl methyl sites for hydroxylation is 1. The number of unbranched alkanes of at least 4 members (excludes halogenated alkanes) is 4. The number of benzene rings is 2. The van der Waals surface area contributed by atoms with Crippen molar-refractivity contribution >= 4 is 18.6 Å². The van der Waals surface area contributed by atoms with Crippen LogP contribution >= 0.6 is 7.82 Å². The van der Waals surface area contributed by atoms with Gasteiger partial charge in [-0.05, 0) is 30.7 Å². The Morgan fingerprint density at radius 1 is 0.964 bits per heavy atom. The molecule has 0 amide bonds. The van der Waals surface area contributed by atoms with Gasteiger partial charge in [-0.25, -0.2) is 4.57 Å². The summed E-state index contributed by atoms with van der Waals surface area (Å²) in [6.45, 7) is 4.69. The summed E-state index contributed by atoms with van der Waals surface area (Å²) in [5, 5.41) is 1.81. The lowest BCUT2D eigenvalue weighted by Gasteiger charge is -2.15. The molecule has 0 fully saturated rings. The molecule has 1 N–H and O–H groups in total. The quantitative estimate of drug-likeness (QED) is 0.183. The number of hydrogen-bond acceptors (Lipinski definition) is 5. The highest BCUT2D eigenvalue weighted by atomic mass is 31.2. The smallest absolute Gasteiger partial charge is 0.379 e. The summed E-state index contributed by atoms with van der Waals surface area (Å²) in [6.07, 6.45) is 6.62. The Labute approximate surface area is 167 Å². The van der Waals surface area contributed by atoms with Crippen molar-refractivity contribution in [1.29, 1.82) is 0 Å². The summed E-state index contributed by atoms with van der Waals surface area (Å²) >= 11 is 0. The summed E-state index contributed by atoms with van der Waals surface area (Å²) in [7, 11) is -4.34. The fraction of sp³-hybridized carbons (Fsp3) is 0.524. The second-order valence-electron chi connectivity index (χ2n) is 6.60. The molecular formula is C21H31O6P. The lowest BCUT2D eigenvalue weighted by atomic mass is 10.0. The van der Waals surface area contributed by atoms with Crippen LogP contribution in [0.4, 0.5) is 0 Å². The van der Waals surface area contributed by atoms with E-state index in [1.165, 1.54) is 19.3 Å². The molecule has 0 radical (unpaired) electrons. The highest BCUT2D eigenvalue weighted by molar-refractivity contribution is 7.47. The normalized spacial score (nSPS) is 13.5. The van der Waals surface area contributed by atoms with Gasteiger partial charge in [0.25, 0.3) is 0 Å². The predicted octanol–water partition coefficient (Wildman–Crippen LogP) is 5.82. The number of hydrogen-bond donors (Lipinski definition) is 1.